The summed E-state index contributed by atoms with van der Waals surface area (Å²) in [7, 11) is 0. The molecule has 0 radical (unpaired) electrons. The topological polar surface area (TPSA) is 25.2 Å². The second-order valence-corrected chi connectivity index (χ2v) is 9.66. The molecule has 1 saturated carbocycles. The van der Waals surface area contributed by atoms with Gasteiger partial charge >= 0.3 is 0 Å². The van der Waals surface area contributed by atoms with Gasteiger partial charge in [0.25, 0.3) is 5.56 Å². The van der Waals surface area contributed by atoms with Crippen LogP contribution in [0.2, 0.25) is 5.02 Å². The Bertz CT molecular complexity index is 915. The minimum Gasteiger partial charge on any atom is -0.311 e. The molecule has 0 spiro atoms. The summed E-state index contributed by atoms with van der Waals surface area (Å²) in [5.41, 5.74) is 4.37. The number of aromatic nitrogens is 1. The second kappa shape index (κ2) is 7.31. The number of rotatable bonds is 4. The predicted molar refractivity (Wildman–Crippen MR) is 114 cm³/mol. The SMILES string of the molecule is O=c1c(-c2ccccc2Cl)cc2c(n1CC1CC1)CCN(C1CCSC1)C2. The zero-order valence-electron chi connectivity index (χ0n) is 15.5. The largest absolute Gasteiger partial charge is 0.311 e. The molecule has 1 aromatic heterocycles. The van der Waals surface area contributed by atoms with Gasteiger partial charge in [0.2, 0.25) is 0 Å². The van der Waals surface area contributed by atoms with Gasteiger partial charge in [-0.15, -0.1) is 0 Å². The van der Waals surface area contributed by atoms with Crippen LogP contribution in [0.1, 0.15) is 30.5 Å². The van der Waals surface area contributed by atoms with Crippen molar-refractivity contribution in [1.82, 2.24) is 9.47 Å². The van der Waals surface area contributed by atoms with Gasteiger partial charge in [-0.25, -0.2) is 0 Å². The molecule has 142 valence electrons. The third-order valence-electron chi connectivity index (χ3n) is 6.22. The van der Waals surface area contributed by atoms with Crippen LogP contribution >= 0.6 is 23.4 Å². The first-order chi connectivity index (χ1) is 13.2. The first-order valence-electron chi connectivity index (χ1n) is 10.0. The lowest BCUT2D eigenvalue weighted by Gasteiger charge is -2.34. The molecule has 0 bridgehead atoms. The van der Waals surface area contributed by atoms with Crippen LogP contribution in [0.5, 0.6) is 0 Å². The summed E-state index contributed by atoms with van der Waals surface area (Å²) < 4.78 is 2.09. The van der Waals surface area contributed by atoms with E-state index < -0.39 is 0 Å². The maximum atomic E-state index is 13.4. The monoisotopic (exact) mass is 400 g/mol. The highest BCUT2D eigenvalue weighted by atomic mass is 35.5. The summed E-state index contributed by atoms with van der Waals surface area (Å²) >= 11 is 8.52. The molecule has 0 N–H and O–H groups in total. The molecule has 3 aliphatic rings. The van der Waals surface area contributed by atoms with Crippen molar-refractivity contribution in [3.63, 3.8) is 0 Å². The van der Waals surface area contributed by atoms with Crippen molar-refractivity contribution in [3.05, 3.63) is 57.0 Å². The first kappa shape index (κ1) is 17.8. The van der Waals surface area contributed by atoms with Crippen molar-refractivity contribution in [2.45, 2.75) is 44.8 Å². The van der Waals surface area contributed by atoms with Crippen molar-refractivity contribution in [3.8, 4) is 11.1 Å². The molecule has 1 aromatic carbocycles. The van der Waals surface area contributed by atoms with Crippen LogP contribution in [0, 0.1) is 5.92 Å². The van der Waals surface area contributed by atoms with E-state index in [1.165, 1.54) is 42.0 Å². The Morgan fingerprint density at radius 2 is 2.00 bits per heavy atom. The molecule has 5 rings (SSSR count). The van der Waals surface area contributed by atoms with Crippen LogP contribution in [0.25, 0.3) is 11.1 Å². The van der Waals surface area contributed by atoms with Gasteiger partial charge in [0.1, 0.15) is 0 Å². The Kier molecular flexibility index (Phi) is 4.83. The molecule has 1 unspecified atom stereocenters. The van der Waals surface area contributed by atoms with E-state index in [-0.39, 0.29) is 5.56 Å². The zero-order chi connectivity index (χ0) is 18.4. The number of hydrogen-bond donors (Lipinski definition) is 0. The summed E-state index contributed by atoms with van der Waals surface area (Å²) in [4.78, 5) is 16.0. The zero-order valence-corrected chi connectivity index (χ0v) is 17.1. The molecular formula is C22H25ClN2OS. The molecule has 1 aliphatic carbocycles. The van der Waals surface area contributed by atoms with Crippen molar-refractivity contribution in [2.75, 3.05) is 18.1 Å². The highest BCUT2D eigenvalue weighted by molar-refractivity contribution is 7.99. The van der Waals surface area contributed by atoms with E-state index in [1.807, 2.05) is 24.3 Å². The molecule has 3 heterocycles. The van der Waals surface area contributed by atoms with E-state index in [1.54, 1.807) is 0 Å². The lowest BCUT2D eigenvalue weighted by molar-refractivity contribution is 0.190. The molecule has 2 aliphatic heterocycles. The number of nitrogens with zero attached hydrogens (tertiary/aromatic N) is 2. The first-order valence-corrected chi connectivity index (χ1v) is 11.6. The Balaban J connectivity index is 1.59. The minimum atomic E-state index is 0.138. The molecule has 2 fully saturated rings. The molecule has 1 atom stereocenters. The van der Waals surface area contributed by atoms with E-state index in [0.29, 0.717) is 17.0 Å². The molecule has 3 nitrogen and oxygen atoms in total. The van der Waals surface area contributed by atoms with Crippen molar-refractivity contribution >= 4 is 23.4 Å². The number of benzene rings is 1. The fourth-order valence-electron chi connectivity index (χ4n) is 4.49. The van der Waals surface area contributed by atoms with Crippen LogP contribution in [0.15, 0.2) is 35.1 Å². The van der Waals surface area contributed by atoms with Gasteiger partial charge in [-0.3, -0.25) is 9.69 Å². The average Bonchev–Trinajstić information content (AvgIpc) is 3.33. The summed E-state index contributed by atoms with van der Waals surface area (Å²) in [6, 6.07) is 10.6. The normalized spacial score (nSPS) is 22.8. The van der Waals surface area contributed by atoms with E-state index in [2.05, 4.69) is 27.3 Å². The van der Waals surface area contributed by atoms with E-state index in [0.717, 1.165) is 37.2 Å². The number of fused-ring (bicyclic) bond motifs is 1. The molecule has 1 saturated heterocycles. The van der Waals surface area contributed by atoms with Gasteiger partial charge in [-0.1, -0.05) is 29.8 Å². The average molecular weight is 401 g/mol. The number of thioether (sulfide) groups is 1. The van der Waals surface area contributed by atoms with Gasteiger partial charge in [0.05, 0.1) is 0 Å². The summed E-state index contributed by atoms with van der Waals surface area (Å²) in [6.45, 7) is 2.91. The second-order valence-electron chi connectivity index (χ2n) is 8.11. The molecule has 5 heteroatoms. The van der Waals surface area contributed by atoms with E-state index in [4.69, 9.17) is 11.6 Å². The van der Waals surface area contributed by atoms with Crippen LogP contribution in [0.3, 0.4) is 0 Å². The molecule has 27 heavy (non-hydrogen) atoms. The summed E-state index contributed by atoms with van der Waals surface area (Å²) in [5, 5.41) is 0.660. The van der Waals surface area contributed by atoms with Gasteiger partial charge < -0.3 is 4.57 Å². The maximum Gasteiger partial charge on any atom is 0.258 e. The predicted octanol–water partition coefficient (Wildman–Crippen LogP) is 4.44. The van der Waals surface area contributed by atoms with Crippen LogP contribution in [0.4, 0.5) is 0 Å². The fraction of sp³-hybridized carbons (Fsp3) is 0.500. The Hall–Kier alpha value is -1.23. The molecular weight excluding hydrogens is 376 g/mol. The highest BCUT2D eigenvalue weighted by Crippen LogP contribution is 2.34. The number of halogens is 1. The quantitative estimate of drug-likeness (QED) is 0.758. The summed E-state index contributed by atoms with van der Waals surface area (Å²) in [6.07, 6.45) is 4.78. The third-order valence-corrected chi connectivity index (χ3v) is 7.70. The van der Waals surface area contributed by atoms with E-state index >= 15 is 0 Å². The number of pyridine rings is 1. The standard InChI is InChI=1S/C22H25ClN2OS/c23-20-4-2-1-3-18(20)19-11-16-13-24(17-8-10-27-14-17)9-7-21(16)25(22(19)26)12-15-5-6-15/h1-4,11,15,17H,5-10,12-14H2. The van der Waals surface area contributed by atoms with Crippen LogP contribution in [-0.2, 0) is 19.5 Å². The van der Waals surface area contributed by atoms with Gasteiger partial charge in [-0.05, 0) is 48.6 Å². The lowest BCUT2D eigenvalue weighted by Crippen LogP contribution is -2.42. The lowest BCUT2D eigenvalue weighted by atomic mass is 9.97. The van der Waals surface area contributed by atoms with Crippen molar-refractivity contribution in [2.24, 2.45) is 5.92 Å². The minimum absolute atomic E-state index is 0.138. The Morgan fingerprint density at radius 1 is 1.15 bits per heavy atom. The molecule has 0 amide bonds. The van der Waals surface area contributed by atoms with Gasteiger partial charge in [0, 0.05) is 59.7 Å². The third kappa shape index (κ3) is 3.48. The smallest absolute Gasteiger partial charge is 0.258 e. The highest BCUT2D eigenvalue weighted by Gasteiger charge is 2.30. The molecule has 2 aromatic rings. The van der Waals surface area contributed by atoms with Crippen LogP contribution in [-0.4, -0.2) is 33.6 Å². The van der Waals surface area contributed by atoms with Crippen molar-refractivity contribution in [1.29, 1.82) is 0 Å². The fourth-order valence-corrected chi connectivity index (χ4v) is 5.98. The van der Waals surface area contributed by atoms with Crippen LogP contribution < -0.4 is 5.56 Å². The number of hydrogen-bond acceptors (Lipinski definition) is 3. The van der Waals surface area contributed by atoms with Gasteiger partial charge in [-0.2, -0.15) is 11.8 Å². The maximum absolute atomic E-state index is 13.4. The van der Waals surface area contributed by atoms with Gasteiger partial charge in [0.15, 0.2) is 0 Å². The Morgan fingerprint density at radius 3 is 2.74 bits per heavy atom. The Labute approximate surface area is 169 Å². The van der Waals surface area contributed by atoms with E-state index in [9.17, 15) is 4.79 Å². The van der Waals surface area contributed by atoms with Crippen molar-refractivity contribution < 1.29 is 0 Å². The summed E-state index contributed by atoms with van der Waals surface area (Å²) in [5.74, 6) is 3.20.